The fraction of sp³-hybridized carbons (Fsp3) is 0.824. The molecule has 1 heterocycles. The maximum Gasteiger partial charge on any atom is 0.0629 e. The average molecular weight is 275 g/mol. The molecular formula is C17H29N3. The minimum absolute atomic E-state index is 0.641. The van der Waals surface area contributed by atoms with Crippen LogP contribution in [0.25, 0.3) is 0 Å². The Morgan fingerprint density at radius 3 is 2.70 bits per heavy atom. The molecule has 2 saturated carbocycles. The third kappa shape index (κ3) is 3.08. The second kappa shape index (κ2) is 5.88. The summed E-state index contributed by atoms with van der Waals surface area (Å²) in [6, 6.07) is 1.45. The molecule has 2 atom stereocenters. The maximum absolute atomic E-state index is 4.87. The van der Waals surface area contributed by atoms with Gasteiger partial charge in [-0.25, -0.2) is 0 Å². The van der Waals surface area contributed by atoms with E-state index < -0.39 is 0 Å². The van der Waals surface area contributed by atoms with Crippen LogP contribution in [-0.4, -0.2) is 22.4 Å². The summed E-state index contributed by atoms with van der Waals surface area (Å²) in [6.07, 6.45) is 9.26. The Kier molecular flexibility index (Phi) is 4.16. The van der Waals surface area contributed by atoms with Crippen LogP contribution in [0.15, 0.2) is 0 Å². The molecule has 2 unspecified atom stereocenters. The highest BCUT2D eigenvalue weighted by molar-refractivity contribution is 5.25. The summed E-state index contributed by atoms with van der Waals surface area (Å²) in [5, 5.41) is 8.49. The minimum Gasteiger partial charge on any atom is -0.314 e. The van der Waals surface area contributed by atoms with Crippen molar-refractivity contribution in [3.05, 3.63) is 17.0 Å². The molecule has 0 aromatic carbocycles. The van der Waals surface area contributed by atoms with Gasteiger partial charge >= 0.3 is 0 Å². The summed E-state index contributed by atoms with van der Waals surface area (Å²) in [5.41, 5.74) is 4.15. The molecule has 0 radical (unpaired) electrons. The number of hydrogen-bond acceptors (Lipinski definition) is 2. The van der Waals surface area contributed by atoms with Gasteiger partial charge in [-0.05, 0) is 64.0 Å². The van der Waals surface area contributed by atoms with Crippen LogP contribution in [-0.2, 0) is 6.42 Å². The number of aromatic nitrogens is 2. The molecule has 0 aliphatic heterocycles. The highest BCUT2D eigenvalue weighted by Crippen LogP contribution is 2.33. The predicted molar refractivity (Wildman–Crippen MR) is 83.1 cm³/mol. The topological polar surface area (TPSA) is 29.9 Å². The first-order chi connectivity index (χ1) is 9.65. The van der Waals surface area contributed by atoms with Crippen LogP contribution in [0.1, 0.15) is 68.4 Å². The molecule has 0 amide bonds. The van der Waals surface area contributed by atoms with Gasteiger partial charge in [-0.3, -0.25) is 4.68 Å². The van der Waals surface area contributed by atoms with E-state index in [2.05, 4.69) is 30.8 Å². The summed E-state index contributed by atoms with van der Waals surface area (Å²) in [7, 11) is 0. The Bertz CT molecular complexity index is 459. The van der Waals surface area contributed by atoms with E-state index in [4.69, 9.17) is 5.10 Å². The Morgan fingerprint density at radius 2 is 2.00 bits per heavy atom. The lowest BCUT2D eigenvalue weighted by Gasteiger charge is -2.28. The van der Waals surface area contributed by atoms with E-state index in [-0.39, 0.29) is 0 Å². The summed E-state index contributed by atoms with van der Waals surface area (Å²) < 4.78 is 2.34. The Hall–Kier alpha value is -0.830. The SMILES string of the molecule is Cc1nn(C2CCCC(C)C2)c(C)c1CCNC1CC1. The standard InChI is InChI=1S/C17H29N3/c1-12-5-4-6-16(11-12)20-14(3)17(13(2)19-20)9-10-18-15-7-8-15/h12,15-16,18H,4-11H2,1-3H3. The smallest absolute Gasteiger partial charge is 0.0629 e. The molecule has 1 aromatic rings. The van der Waals surface area contributed by atoms with Crippen molar-refractivity contribution in [2.75, 3.05) is 6.54 Å². The van der Waals surface area contributed by atoms with Crippen molar-refractivity contribution in [3.8, 4) is 0 Å². The number of rotatable bonds is 5. The predicted octanol–water partition coefficient (Wildman–Crippen LogP) is 3.55. The van der Waals surface area contributed by atoms with E-state index in [1.165, 1.54) is 55.5 Å². The molecule has 3 heteroatoms. The highest BCUT2D eigenvalue weighted by atomic mass is 15.3. The Balaban J connectivity index is 1.68. The van der Waals surface area contributed by atoms with Crippen molar-refractivity contribution in [3.63, 3.8) is 0 Å². The van der Waals surface area contributed by atoms with E-state index in [0.717, 1.165) is 24.9 Å². The first-order valence-electron chi connectivity index (χ1n) is 8.43. The molecule has 0 spiro atoms. The molecular weight excluding hydrogens is 246 g/mol. The molecule has 20 heavy (non-hydrogen) atoms. The van der Waals surface area contributed by atoms with Crippen LogP contribution >= 0.6 is 0 Å². The number of hydrogen-bond donors (Lipinski definition) is 1. The van der Waals surface area contributed by atoms with E-state index in [9.17, 15) is 0 Å². The van der Waals surface area contributed by atoms with Crippen molar-refractivity contribution in [1.29, 1.82) is 0 Å². The fourth-order valence-electron chi connectivity index (χ4n) is 3.73. The number of nitrogens with one attached hydrogen (secondary N) is 1. The molecule has 3 nitrogen and oxygen atoms in total. The molecule has 1 N–H and O–H groups in total. The van der Waals surface area contributed by atoms with Gasteiger partial charge in [0.25, 0.3) is 0 Å². The fourth-order valence-corrected chi connectivity index (χ4v) is 3.73. The van der Waals surface area contributed by atoms with E-state index in [0.29, 0.717) is 6.04 Å². The van der Waals surface area contributed by atoms with Crippen LogP contribution in [0.2, 0.25) is 0 Å². The summed E-state index contributed by atoms with van der Waals surface area (Å²) in [4.78, 5) is 0. The average Bonchev–Trinajstić information content (AvgIpc) is 3.19. The van der Waals surface area contributed by atoms with Crippen molar-refractivity contribution >= 4 is 0 Å². The first-order valence-corrected chi connectivity index (χ1v) is 8.43. The zero-order valence-corrected chi connectivity index (χ0v) is 13.3. The third-order valence-corrected chi connectivity index (χ3v) is 5.11. The molecule has 2 fully saturated rings. The van der Waals surface area contributed by atoms with Crippen LogP contribution in [0.3, 0.4) is 0 Å². The summed E-state index contributed by atoms with van der Waals surface area (Å²) >= 11 is 0. The maximum atomic E-state index is 4.87. The molecule has 3 rings (SSSR count). The lowest BCUT2D eigenvalue weighted by Crippen LogP contribution is -2.21. The van der Waals surface area contributed by atoms with Crippen LogP contribution < -0.4 is 5.32 Å². The minimum atomic E-state index is 0.641. The largest absolute Gasteiger partial charge is 0.314 e. The molecule has 0 bridgehead atoms. The second-order valence-corrected chi connectivity index (χ2v) is 7.00. The van der Waals surface area contributed by atoms with E-state index in [1.54, 1.807) is 0 Å². The van der Waals surface area contributed by atoms with Gasteiger partial charge in [-0.15, -0.1) is 0 Å². The molecule has 112 valence electrons. The molecule has 0 saturated heterocycles. The zero-order chi connectivity index (χ0) is 14.1. The lowest BCUT2D eigenvalue weighted by atomic mass is 9.87. The zero-order valence-electron chi connectivity index (χ0n) is 13.3. The molecule has 2 aliphatic rings. The van der Waals surface area contributed by atoms with Gasteiger partial charge in [-0.2, -0.15) is 5.10 Å². The number of nitrogens with zero attached hydrogens (tertiary/aromatic N) is 2. The lowest BCUT2D eigenvalue weighted by molar-refractivity contribution is 0.263. The first kappa shape index (κ1) is 14.1. The van der Waals surface area contributed by atoms with Crippen LogP contribution in [0.4, 0.5) is 0 Å². The summed E-state index contributed by atoms with van der Waals surface area (Å²) in [6.45, 7) is 7.95. The Labute approximate surface area is 123 Å². The van der Waals surface area contributed by atoms with Crippen molar-refractivity contribution in [2.45, 2.75) is 77.8 Å². The molecule has 1 aromatic heterocycles. The third-order valence-electron chi connectivity index (χ3n) is 5.11. The Morgan fingerprint density at radius 1 is 1.20 bits per heavy atom. The van der Waals surface area contributed by atoms with Gasteiger partial charge in [0, 0.05) is 11.7 Å². The molecule has 2 aliphatic carbocycles. The monoisotopic (exact) mass is 275 g/mol. The van der Waals surface area contributed by atoms with Gasteiger partial charge in [0.15, 0.2) is 0 Å². The quantitative estimate of drug-likeness (QED) is 0.890. The highest BCUT2D eigenvalue weighted by Gasteiger charge is 2.24. The normalized spacial score (nSPS) is 26.9. The van der Waals surface area contributed by atoms with E-state index in [1.807, 2.05) is 0 Å². The van der Waals surface area contributed by atoms with Gasteiger partial charge < -0.3 is 5.32 Å². The van der Waals surface area contributed by atoms with Crippen molar-refractivity contribution in [2.24, 2.45) is 5.92 Å². The van der Waals surface area contributed by atoms with Crippen LogP contribution in [0, 0.1) is 19.8 Å². The van der Waals surface area contributed by atoms with Gasteiger partial charge in [0.1, 0.15) is 0 Å². The second-order valence-electron chi connectivity index (χ2n) is 7.00. The van der Waals surface area contributed by atoms with Gasteiger partial charge in [0.2, 0.25) is 0 Å². The summed E-state index contributed by atoms with van der Waals surface area (Å²) in [5.74, 6) is 0.859. The van der Waals surface area contributed by atoms with Gasteiger partial charge in [-0.1, -0.05) is 19.8 Å². The van der Waals surface area contributed by atoms with Crippen molar-refractivity contribution < 1.29 is 0 Å². The van der Waals surface area contributed by atoms with Gasteiger partial charge in [0.05, 0.1) is 11.7 Å². The number of aryl methyl sites for hydroxylation is 1. The van der Waals surface area contributed by atoms with Crippen molar-refractivity contribution in [1.82, 2.24) is 15.1 Å². The van der Waals surface area contributed by atoms with E-state index >= 15 is 0 Å². The van der Waals surface area contributed by atoms with Crippen LogP contribution in [0.5, 0.6) is 0 Å².